The van der Waals surface area contributed by atoms with Gasteiger partial charge < -0.3 is 0 Å². The zero-order valence-electron chi connectivity index (χ0n) is 14.1. The van der Waals surface area contributed by atoms with Crippen LogP contribution < -0.4 is 0 Å². The average molecular weight is 332 g/mol. The molecule has 2 nitrogen and oxygen atoms in total. The largest absolute Gasteiger partial charge is 0.299 e. The molecule has 0 bridgehead atoms. The monoisotopic (exact) mass is 331 g/mol. The number of carbonyl (C=O) groups excluding carboxylic acids is 2. The Morgan fingerprint density at radius 3 is 2.26 bits per heavy atom. The Morgan fingerprint density at radius 1 is 1.04 bits per heavy atom. The topological polar surface area (TPSA) is 34.1 Å². The minimum absolute atomic E-state index is 0.0589. The first kappa shape index (κ1) is 16.8. The second-order valence-electron chi connectivity index (χ2n) is 6.95. The van der Waals surface area contributed by atoms with Crippen LogP contribution in [0.2, 0.25) is 0 Å². The third kappa shape index (κ3) is 4.06. The second-order valence-corrected chi connectivity index (χ2v) is 9.55. The van der Waals surface area contributed by atoms with E-state index in [9.17, 15) is 9.59 Å². The van der Waals surface area contributed by atoms with Gasteiger partial charge in [0.1, 0.15) is 17.3 Å². The van der Waals surface area contributed by atoms with Gasteiger partial charge in [0.2, 0.25) is 5.78 Å². The van der Waals surface area contributed by atoms with Crippen molar-refractivity contribution in [3.63, 3.8) is 0 Å². The van der Waals surface area contributed by atoms with E-state index in [1.54, 1.807) is 0 Å². The van der Waals surface area contributed by atoms with Crippen LogP contribution in [0.1, 0.15) is 73.7 Å². The molecule has 1 saturated carbocycles. The van der Waals surface area contributed by atoms with Gasteiger partial charge in [-0.2, -0.15) is 0 Å². The van der Waals surface area contributed by atoms with E-state index in [1.165, 1.54) is 37.7 Å². The van der Waals surface area contributed by atoms with Gasteiger partial charge in [-0.05, 0) is 42.1 Å². The summed E-state index contributed by atoms with van der Waals surface area (Å²) in [6.45, 7) is 2.05. The maximum atomic E-state index is 12.7. The van der Waals surface area contributed by atoms with Gasteiger partial charge in [0, 0.05) is 5.56 Å². The zero-order valence-corrected chi connectivity index (χ0v) is 14.9. The summed E-state index contributed by atoms with van der Waals surface area (Å²) in [6, 6.07) is 8.40. The van der Waals surface area contributed by atoms with E-state index in [1.807, 2.05) is 12.1 Å². The van der Waals surface area contributed by atoms with Crippen LogP contribution in [0.5, 0.6) is 0 Å². The minimum atomic E-state index is 0.0589. The summed E-state index contributed by atoms with van der Waals surface area (Å²) in [5, 5.41) is 0.0589. The third-order valence-electron chi connectivity index (χ3n) is 5.43. The molecule has 1 atom stereocenters. The van der Waals surface area contributed by atoms with Crippen molar-refractivity contribution < 1.29 is 9.59 Å². The van der Waals surface area contributed by atoms with E-state index in [-0.39, 0.29) is 21.9 Å². The predicted octanol–water partition coefficient (Wildman–Crippen LogP) is 4.29. The molecule has 3 rings (SSSR count). The normalized spacial score (nSPS) is 22.0. The van der Waals surface area contributed by atoms with Crippen molar-refractivity contribution in [1.29, 1.82) is 0 Å². The number of carbonyl (C=O) groups is 2. The van der Waals surface area contributed by atoms with Crippen LogP contribution in [-0.4, -0.2) is 28.3 Å². The smallest absolute Gasteiger partial charge is 0.214 e. The lowest BCUT2D eigenvalue weighted by atomic mass is 9.84. The molecule has 124 valence electrons. The number of ketones is 2. The summed E-state index contributed by atoms with van der Waals surface area (Å²) in [4.78, 5) is 24.1. The van der Waals surface area contributed by atoms with Crippen LogP contribution in [0.3, 0.4) is 0 Å². The summed E-state index contributed by atoms with van der Waals surface area (Å²) in [7, 11) is 0.0793. The van der Waals surface area contributed by atoms with Gasteiger partial charge in [-0.25, -0.2) is 0 Å². The molecule has 2 aliphatic rings. The van der Waals surface area contributed by atoms with Crippen LogP contribution >= 0.6 is 0 Å². The second kappa shape index (κ2) is 7.65. The molecule has 1 aromatic carbocycles. The van der Waals surface area contributed by atoms with Crippen molar-refractivity contribution in [2.24, 2.45) is 0 Å². The Morgan fingerprint density at radius 2 is 1.65 bits per heavy atom. The molecule has 1 heterocycles. The highest BCUT2D eigenvalue weighted by atomic mass is 32.2. The molecule has 1 aliphatic carbocycles. The molecule has 23 heavy (non-hydrogen) atoms. The van der Waals surface area contributed by atoms with Gasteiger partial charge >= 0.3 is 0 Å². The summed E-state index contributed by atoms with van der Waals surface area (Å²) in [5.74, 6) is 3.14. The SMILES string of the molecule is CC(C(=O)c1ccc(C2CCCCC2)cc1)[S+]1CCC(=O)CC1. The maximum Gasteiger partial charge on any atom is 0.214 e. The highest BCUT2D eigenvalue weighted by Gasteiger charge is 2.36. The summed E-state index contributed by atoms with van der Waals surface area (Å²) < 4.78 is 0. The van der Waals surface area contributed by atoms with E-state index in [4.69, 9.17) is 0 Å². The molecule has 0 radical (unpaired) electrons. The average Bonchev–Trinajstić information content (AvgIpc) is 2.62. The molecule has 0 spiro atoms. The van der Waals surface area contributed by atoms with E-state index in [2.05, 4.69) is 19.1 Å². The Kier molecular flexibility index (Phi) is 5.58. The Labute approximate surface area is 142 Å². The number of benzene rings is 1. The molecule has 0 aromatic heterocycles. The first-order chi connectivity index (χ1) is 11.1. The molecular formula is C20H27O2S+. The highest BCUT2D eigenvalue weighted by molar-refractivity contribution is 7.98. The van der Waals surface area contributed by atoms with Crippen molar-refractivity contribution in [3.8, 4) is 0 Å². The van der Waals surface area contributed by atoms with Crippen LogP contribution in [0.15, 0.2) is 24.3 Å². The first-order valence-electron chi connectivity index (χ1n) is 8.97. The molecule has 1 unspecified atom stereocenters. The van der Waals surface area contributed by atoms with Gasteiger partial charge in [-0.3, -0.25) is 9.59 Å². The summed E-state index contributed by atoms with van der Waals surface area (Å²) >= 11 is 0. The third-order valence-corrected chi connectivity index (χ3v) is 8.10. The summed E-state index contributed by atoms with van der Waals surface area (Å²) in [6.07, 6.45) is 7.97. The number of hydrogen-bond donors (Lipinski definition) is 0. The Hall–Kier alpha value is -1.09. The van der Waals surface area contributed by atoms with Crippen molar-refractivity contribution in [3.05, 3.63) is 35.4 Å². The number of Topliss-reactive ketones (excluding diaryl/α,β-unsaturated/α-hetero) is 2. The fraction of sp³-hybridized carbons (Fsp3) is 0.600. The number of rotatable bonds is 4. The Bertz CT molecular complexity index is 548. The fourth-order valence-corrected chi connectivity index (χ4v) is 6.14. The molecule has 0 N–H and O–H groups in total. The van der Waals surface area contributed by atoms with Gasteiger partial charge in [-0.1, -0.05) is 43.5 Å². The van der Waals surface area contributed by atoms with E-state index in [0.717, 1.165) is 17.1 Å². The minimum Gasteiger partial charge on any atom is -0.299 e. The van der Waals surface area contributed by atoms with Crippen molar-refractivity contribution in [2.75, 3.05) is 11.5 Å². The van der Waals surface area contributed by atoms with Crippen LogP contribution in [0, 0.1) is 0 Å². The molecular weight excluding hydrogens is 304 g/mol. The van der Waals surface area contributed by atoms with Crippen molar-refractivity contribution >= 4 is 22.5 Å². The first-order valence-corrected chi connectivity index (χ1v) is 10.6. The lowest BCUT2D eigenvalue weighted by Crippen LogP contribution is -2.36. The van der Waals surface area contributed by atoms with Gasteiger partial charge in [-0.15, -0.1) is 0 Å². The molecule has 1 saturated heterocycles. The number of hydrogen-bond acceptors (Lipinski definition) is 2. The predicted molar refractivity (Wildman–Crippen MR) is 97.4 cm³/mol. The zero-order chi connectivity index (χ0) is 16.2. The Balaban J connectivity index is 1.63. The van der Waals surface area contributed by atoms with Gasteiger partial charge in [0.05, 0.1) is 12.8 Å². The van der Waals surface area contributed by atoms with E-state index < -0.39 is 0 Å². The fourth-order valence-electron chi connectivity index (χ4n) is 3.81. The molecule has 1 aromatic rings. The quantitative estimate of drug-likeness (QED) is 0.609. The molecule has 1 aliphatic heterocycles. The molecule has 3 heteroatoms. The lowest BCUT2D eigenvalue weighted by molar-refractivity contribution is -0.118. The maximum absolute atomic E-state index is 12.7. The lowest BCUT2D eigenvalue weighted by Gasteiger charge is -2.22. The van der Waals surface area contributed by atoms with Gasteiger partial charge in [0.25, 0.3) is 0 Å². The van der Waals surface area contributed by atoms with Crippen molar-refractivity contribution in [1.82, 2.24) is 0 Å². The highest BCUT2D eigenvalue weighted by Crippen LogP contribution is 2.32. The van der Waals surface area contributed by atoms with Crippen LogP contribution in [0.4, 0.5) is 0 Å². The van der Waals surface area contributed by atoms with Gasteiger partial charge in [0.15, 0.2) is 5.25 Å². The van der Waals surface area contributed by atoms with E-state index >= 15 is 0 Å². The standard InChI is InChI=1S/C20H27O2S/c1-15(23-13-11-19(21)12-14-23)20(22)18-9-7-17(8-10-18)16-5-3-2-4-6-16/h7-10,15-16H,2-6,11-14H2,1H3/q+1. The van der Waals surface area contributed by atoms with Crippen LogP contribution in [0.25, 0.3) is 0 Å². The van der Waals surface area contributed by atoms with Crippen molar-refractivity contribution in [2.45, 2.75) is 63.0 Å². The molecule has 0 amide bonds. The summed E-state index contributed by atoms with van der Waals surface area (Å²) in [5.41, 5.74) is 2.25. The molecule has 2 fully saturated rings. The van der Waals surface area contributed by atoms with E-state index in [0.29, 0.717) is 24.5 Å². The van der Waals surface area contributed by atoms with Crippen LogP contribution in [-0.2, 0) is 15.7 Å².